The Labute approximate surface area is 216 Å². The molecule has 1 aliphatic rings. The molecule has 0 saturated carbocycles. The van der Waals surface area contributed by atoms with Gasteiger partial charge in [-0.25, -0.2) is 0 Å². The van der Waals surface area contributed by atoms with E-state index in [9.17, 15) is 4.79 Å². The molecule has 0 N–H and O–H groups in total. The van der Waals surface area contributed by atoms with Crippen LogP contribution in [0.25, 0.3) is 11.6 Å². The lowest BCUT2D eigenvalue weighted by Gasteiger charge is -2.35. The topological polar surface area (TPSA) is 42.0 Å². The Morgan fingerprint density at radius 2 is 1.43 bits per heavy atom. The van der Waals surface area contributed by atoms with Crippen molar-refractivity contribution in [3.63, 3.8) is 0 Å². The van der Waals surface area contributed by atoms with Crippen molar-refractivity contribution in [3.05, 3.63) is 93.5 Å². The molecule has 1 aliphatic heterocycles. The molecular weight excluding hydrogens is 483 g/mol. The lowest BCUT2D eigenvalue weighted by molar-refractivity contribution is -0.126. The Kier molecular flexibility index (Phi) is 8.34. The van der Waals surface area contributed by atoms with Crippen LogP contribution in [0.4, 0.5) is 0 Å². The van der Waals surface area contributed by atoms with Gasteiger partial charge in [-0.1, -0.05) is 53.5 Å². The molecular formula is C28H28Cl2N2O3. The second kappa shape index (κ2) is 11.6. The summed E-state index contributed by atoms with van der Waals surface area (Å²) >= 11 is 12.1. The van der Waals surface area contributed by atoms with E-state index in [2.05, 4.69) is 4.90 Å². The molecule has 3 aromatic rings. The van der Waals surface area contributed by atoms with Crippen LogP contribution in [0.3, 0.4) is 0 Å². The van der Waals surface area contributed by atoms with Crippen LogP contribution in [0.1, 0.15) is 16.7 Å². The molecule has 1 heterocycles. The fourth-order valence-corrected chi connectivity index (χ4v) is 4.38. The molecule has 4 rings (SSSR count). The first kappa shape index (κ1) is 25.1. The van der Waals surface area contributed by atoms with Crippen LogP contribution in [0.5, 0.6) is 11.5 Å². The lowest BCUT2D eigenvalue weighted by atomic mass is 10.00. The monoisotopic (exact) mass is 510 g/mol. The summed E-state index contributed by atoms with van der Waals surface area (Å²) in [6.07, 6.45) is 1.90. The van der Waals surface area contributed by atoms with Crippen molar-refractivity contribution < 1.29 is 14.3 Å². The third-order valence-electron chi connectivity index (χ3n) is 6.08. The molecule has 5 nitrogen and oxygen atoms in total. The minimum atomic E-state index is -0.0155. The minimum Gasteiger partial charge on any atom is -0.493 e. The Bertz CT molecular complexity index is 1190. The van der Waals surface area contributed by atoms with Gasteiger partial charge in [0.05, 0.1) is 14.2 Å². The number of carbonyl (C=O) groups is 1. The zero-order valence-electron chi connectivity index (χ0n) is 19.8. The van der Waals surface area contributed by atoms with E-state index in [4.69, 9.17) is 32.7 Å². The zero-order valence-corrected chi connectivity index (χ0v) is 21.4. The summed E-state index contributed by atoms with van der Waals surface area (Å²) in [7, 11) is 3.18. The molecule has 0 unspecified atom stereocenters. The van der Waals surface area contributed by atoms with Gasteiger partial charge >= 0.3 is 0 Å². The number of piperazine rings is 1. The molecule has 7 heteroatoms. The van der Waals surface area contributed by atoms with E-state index in [1.807, 2.05) is 77.7 Å². The van der Waals surface area contributed by atoms with Crippen molar-refractivity contribution in [2.24, 2.45) is 0 Å². The highest BCUT2D eigenvalue weighted by molar-refractivity contribution is 6.31. The second-order valence-electron chi connectivity index (χ2n) is 8.37. The molecule has 0 radical (unpaired) electrons. The number of hydrogen-bond donors (Lipinski definition) is 0. The van der Waals surface area contributed by atoms with Crippen molar-refractivity contribution in [1.29, 1.82) is 0 Å². The highest BCUT2D eigenvalue weighted by Crippen LogP contribution is 2.32. The number of hydrogen-bond acceptors (Lipinski definition) is 4. The minimum absolute atomic E-state index is 0.0155. The van der Waals surface area contributed by atoms with Gasteiger partial charge < -0.3 is 14.4 Å². The highest BCUT2D eigenvalue weighted by Gasteiger charge is 2.25. The van der Waals surface area contributed by atoms with E-state index in [0.717, 1.165) is 35.8 Å². The number of ether oxygens (including phenoxy) is 2. The summed E-state index contributed by atoms with van der Waals surface area (Å²) in [4.78, 5) is 18.0. The maximum Gasteiger partial charge on any atom is 0.254 e. The van der Waals surface area contributed by atoms with Crippen LogP contribution in [0.2, 0.25) is 10.0 Å². The Morgan fingerprint density at radius 3 is 2.03 bits per heavy atom. The molecule has 0 bridgehead atoms. The third-order valence-corrected chi connectivity index (χ3v) is 6.59. The maximum absolute atomic E-state index is 13.8. The standard InChI is InChI=1S/C28H28Cl2N2O3/c1-34-26-12-7-22(18-27(26)35-2)25(17-20-3-8-23(29)9-4-20)28(33)32-15-13-31(14-16-32)19-21-5-10-24(30)11-6-21/h3-12,17-18H,13-16,19H2,1-2H3. The van der Waals surface area contributed by atoms with E-state index in [-0.39, 0.29) is 5.91 Å². The molecule has 1 saturated heterocycles. The van der Waals surface area contributed by atoms with Gasteiger partial charge in [0.25, 0.3) is 5.91 Å². The third kappa shape index (κ3) is 6.37. The number of nitrogens with zero attached hydrogens (tertiary/aromatic N) is 2. The van der Waals surface area contributed by atoms with Gasteiger partial charge in [-0.3, -0.25) is 9.69 Å². The number of carbonyl (C=O) groups excluding carboxylic acids is 1. The van der Waals surface area contributed by atoms with Crippen LogP contribution >= 0.6 is 23.2 Å². The van der Waals surface area contributed by atoms with Crippen molar-refractivity contribution in [2.75, 3.05) is 40.4 Å². The summed E-state index contributed by atoms with van der Waals surface area (Å²) in [5.41, 5.74) is 3.47. The smallest absolute Gasteiger partial charge is 0.254 e. The molecule has 1 amide bonds. The quantitative estimate of drug-likeness (QED) is 0.293. The lowest BCUT2D eigenvalue weighted by Crippen LogP contribution is -2.48. The molecule has 0 atom stereocenters. The van der Waals surface area contributed by atoms with Crippen molar-refractivity contribution in [3.8, 4) is 11.5 Å². The fraction of sp³-hybridized carbons (Fsp3) is 0.250. The number of benzene rings is 3. The molecule has 0 spiro atoms. The van der Waals surface area contributed by atoms with Crippen molar-refractivity contribution in [1.82, 2.24) is 9.80 Å². The van der Waals surface area contributed by atoms with Gasteiger partial charge in [0.15, 0.2) is 11.5 Å². The number of amides is 1. The van der Waals surface area contributed by atoms with Gasteiger partial charge in [0.1, 0.15) is 0 Å². The van der Waals surface area contributed by atoms with Gasteiger partial charge in [-0.15, -0.1) is 0 Å². The largest absolute Gasteiger partial charge is 0.493 e. The fourth-order valence-electron chi connectivity index (χ4n) is 4.13. The summed E-state index contributed by atoms with van der Waals surface area (Å²) in [5.74, 6) is 1.18. The maximum atomic E-state index is 13.8. The molecule has 3 aromatic carbocycles. The van der Waals surface area contributed by atoms with E-state index >= 15 is 0 Å². The summed E-state index contributed by atoms with van der Waals surface area (Å²) in [6.45, 7) is 3.74. The van der Waals surface area contributed by atoms with Crippen LogP contribution in [-0.2, 0) is 11.3 Å². The molecule has 182 valence electrons. The van der Waals surface area contributed by atoms with Crippen LogP contribution in [0.15, 0.2) is 66.7 Å². The first-order valence-electron chi connectivity index (χ1n) is 11.4. The van der Waals surface area contributed by atoms with E-state index < -0.39 is 0 Å². The SMILES string of the molecule is COc1ccc(C(=Cc2ccc(Cl)cc2)C(=O)N2CCN(Cc3ccc(Cl)cc3)CC2)cc1OC. The van der Waals surface area contributed by atoms with Crippen LogP contribution in [0, 0.1) is 0 Å². The number of halogens is 2. The number of rotatable bonds is 7. The Balaban J connectivity index is 1.55. The van der Waals surface area contributed by atoms with Gasteiger partial charge in [0.2, 0.25) is 0 Å². The molecule has 1 fully saturated rings. The zero-order chi connectivity index (χ0) is 24.8. The summed E-state index contributed by atoms with van der Waals surface area (Å²) in [6, 6.07) is 20.9. The average molecular weight is 511 g/mol. The van der Waals surface area contributed by atoms with Gasteiger partial charge in [-0.2, -0.15) is 0 Å². The van der Waals surface area contributed by atoms with Crippen molar-refractivity contribution in [2.45, 2.75) is 6.54 Å². The van der Waals surface area contributed by atoms with Crippen LogP contribution < -0.4 is 9.47 Å². The normalized spacial score (nSPS) is 14.6. The second-order valence-corrected chi connectivity index (χ2v) is 9.25. The first-order chi connectivity index (χ1) is 17.0. The van der Waals surface area contributed by atoms with Gasteiger partial charge in [-0.05, 0) is 59.2 Å². The molecule has 35 heavy (non-hydrogen) atoms. The van der Waals surface area contributed by atoms with E-state index in [0.29, 0.717) is 35.2 Å². The molecule has 0 aliphatic carbocycles. The van der Waals surface area contributed by atoms with E-state index in [1.54, 1.807) is 14.2 Å². The average Bonchev–Trinajstić information content (AvgIpc) is 2.89. The van der Waals surface area contributed by atoms with Gasteiger partial charge in [0, 0.05) is 48.3 Å². The van der Waals surface area contributed by atoms with Crippen molar-refractivity contribution >= 4 is 40.8 Å². The number of methoxy groups -OCH3 is 2. The van der Waals surface area contributed by atoms with Crippen LogP contribution in [-0.4, -0.2) is 56.1 Å². The summed E-state index contributed by atoms with van der Waals surface area (Å²) in [5, 5.41) is 1.39. The summed E-state index contributed by atoms with van der Waals surface area (Å²) < 4.78 is 10.9. The predicted octanol–water partition coefficient (Wildman–Crippen LogP) is 5.90. The highest BCUT2D eigenvalue weighted by atomic mass is 35.5. The predicted molar refractivity (Wildman–Crippen MR) is 142 cm³/mol. The Hall–Kier alpha value is -2.99. The molecule has 0 aromatic heterocycles. The Morgan fingerprint density at radius 1 is 0.829 bits per heavy atom. The van der Waals surface area contributed by atoms with E-state index in [1.165, 1.54) is 5.56 Å². The first-order valence-corrected chi connectivity index (χ1v) is 12.2.